The zero-order valence-electron chi connectivity index (χ0n) is 21.9. The Morgan fingerprint density at radius 3 is 2.00 bits per heavy atom. The Kier molecular flexibility index (Phi) is 8.66. The third-order valence-corrected chi connectivity index (χ3v) is 6.35. The number of anilines is 1. The van der Waals surface area contributed by atoms with E-state index in [1.54, 1.807) is 26.8 Å². The van der Waals surface area contributed by atoms with Gasteiger partial charge in [0.1, 0.15) is 0 Å². The lowest BCUT2D eigenvalue weighted by Crippen LogP contribution is -2.26. The Balaban J connectivity index is 0.000000194. The van der Waals surface area contributed by atoms with E-state index in [-0.39, 0.29) is 19.2 Å². The maximum Gasteiger partial charge on any atom is 0.254 e. The second-order valence-corrected chi connectivity index (χ2v) is 8.48. The van der Waals surface area contributed by atoms with Gasteiger partial charge in [0.15, 0.2) is 0 Å². The zero-order chi connectivity index (χ0) is 26.6. The molecule has 0 saturated carbocycles. The Morgan fingerprint density at radius 2 is 1.33 bits per heavy atom. The number of benzene rings is 3. The normalized spacial score (nSPS) is 12.8. The van der Waals surface area contributed by atoms with Gasteiger partial charge in [-0.05, 0) is 72.7 Å². The number of hydrogen-bond donors (Lipinski definition) is 0. The Hall–Kier alpha value is -4.18. The highest BCUT2D eigenvalue weighted by atomic mass is 16.2. The predicted molar refractivity (Wildman–Crippen MR) is 153 cm³/mol. The van der Waals surface area contributed by atoms with Crippen molar-refractivity contribution < 1.29 is 12.6 Å². The number of carbonyl (C=O) groups excluding carboxylic acids is 2. The van der Waals surface area contributed by atoms with Gasteiger partial charge in [-0.3, -0.25) is 14.2 Å². The third kappa shape index (κ3) is 5.89. The lowest BCUT2D eigenvalue weighted by molar-refractivity contribution is -0.114. The van der Waals surface area contributed by atoms with Crippen molar-refractivity contribution in [2.75, 3.05) is 11.4 Å². The maximum absolute atomic E-state index is 11.4. The number of carbonyl (C=O) groups is 2. The van der Waals surface area contributed by atoms with Crippen LogP contribution in [0, 0.1) is 0 Å². The Morgan fingerprint density at radius 1 is 0.750 bits per heavy atom. The van der Waals surface area contributed by atoms with Gasteiger partial charge in [-0.1, -0.05) is 81.2 Å². The van der Waals surface area contributed by atoms with Crippen molar-refractivity contribution in [3.8, 4) is 0 Å². The molecule has 186 valence electrons. The van der Waals surface area contributed by atoms with Gasteiger partial charge in [-0.2, -0.15) is 0 Å². The first-order chi connectivity index (χ1) is 18.1. The summed E-state index contributed by atoms with van der Waals surface area (Å²) in [5, 5.41) is 1.07. The molecule has 0 radical (unpaired) electrons. The highest BCUT2D eigenvalue weighted by Crippen LogP contribution is 2.27. The van der Waals surface area contributed by atoms with Crippen LogP contribution in [0.2, 0.25) is 0 Å². The van der Waals surface area contributed by atoms with E-state index in [0.717, 1.165) is 29.6 Å². The first-order valence-electron chi connectivity index (χ1n) is 12.9. The van der Waals surface area contributed by atoms with E-state index in [9.17, 15) is 9.59 Å². The van der Waals surface area contributed by atoms with Gasteiger partial charge in [0, 0.05) is 26.8 Å². The molecule has 0 fully saturated rings. The van der Waals surface area contributed by atoms with Crippen LogP contribution in [-0.4, -0.2) is 22.9 Å². The molecule has 36 heavy (non-hydrogen) atoms. The largest absolute Gasteiger partial charge is 0.308 e. The van der Waals surface area contributed by atoms with Crippen molar-refractivity contribution in [3.05, 3.63) is 127 Å². The van der Waals surface area contributed by atoms with Gasteiger partial charge in [0.2, 0.25) is 5.91 Å². The van der Waals surface area contributed by atoms with Crippen LogP contribution >= 0.6 is 0 Å². The van der Waals surface area contributed by atoms with Crippen LogP contribution in [0.25, 0.3) is 10.9 Å². The zero-order valence-corrected chi connectivity index (χ0v) is 19.9. The van der Waals surface area contributed by atoms with Crippen LogP contribution in [0.15, 0.2) is 110 Å². The number of aryl methyl sites for hydroxylation is 2. The second-order valence-electron chi connectivity index (χ2n) is 8.48. The van der Waals surface area contributed by atoms with Crippen molar-refractivity contribution in [1.29, 1.82) is 0 Å². The van der Waals surface area contributed by atoms with Gasteiger partial charge >= 0.3 is 0 Å². The summed E-state index contributed by atoms with van der Waals surface area (Å²) in [5.74, 6) is -0.105. The predicted octanol–water partition coefficient (Wildman–Crippen LogP) is 7.29. The molecule has 0 spiro atoms. The van der Waals surface area contributed by atoms with Crippen LogP contribution in [0.1, 0.15) is 38.3 Å². The standard InChI is InChI=1S/C11H11NO.C11H9NO.C9H10.CH4.H2/c2*1-2-11(13)12-8-7-9-5-3-4-6-10(9)12;1-2-5-9-7-3-6-8(9)4-1;;/h2-6H,1,7-8H2;2-8H,1H2;1-2,4-5H,3,6-7H2;1H4;1H/i;;;;1+1D. The lowest BCUT2D eigenvalue weighted by Gasteiger charge is -2.14. The minimum absolute atomic E-state index is 0. The van der Waals surface area contributed by atoms with E-state index < -0.39 is 0 Å². The Bertz CT molecular complexity index is 1350. The summed E-state index contributed by atoms with van der Waals surface area (Å²) in [6, 6.07) is 26.4. The van der Waals surface area contributed by atoms with E-state index in [1.165, 1.54) is 37.0 Å². The van der Waals surface area contributed by atoms with Crippen molar-refractivity contribution >= 4 is 28.4 Å². The van der Waals surface area contributed by atoms with Gasteiger partial charge < -0.3 is 4.90 Å². The van der Waals surface area contributed by atoms with E-state index in [1.807, 2.05) is 48.5 Å². The number of hydrogen-bond acceptors (Lipinski definition) is 2. The molecule has 6 rings (SSSR count). The molecule has 4 nitrogen and oxygen atoms in total. The molecular weight excluding hydrogens is 444 g/mol. The molecule has 1 aliphatic carbocycles. The average Bonchev–Trinajstić information content (AvgIpc) is 3.72. The third-order valence-electron chi connectivity index (χ3n) is 6.35. The molecule has 0 N–H and O–H groups in total. The van der Waals surface area contributed by atoms with Crippen molar-refractivity contribution in [2.24, 2.45) is 0 Å². The number of nitrogens with zero attached hydrogens (tertiary/aromatic N) is 2. The summed E-state index contributed by atoms with van der Waals surface area (Å²) in [4.78, 5) is 24.5. The SMILES string of the molecule is C.C=CC(=O)N1CCc2ccccc21.C=CC(=O)n1ccc2ccccc21.[2H][2H].c1ccc2c(c1)CCC2. The number of para-hydroxylation sites is 2. The van der Waals surface area contributed by atoms with Gasteiger partial charge in [0.05, 0.1) is 5.52 Å². The van der Waals surface area contributed by atoms with Gasteiger partial charge in [0.25, 0.3) is 5.91 Å². The van der Waals surface area contributed by atoms with Crippen molar-refractivity contribution in [3.63, 3.8) is 0 Å². The minimum atomic E-state index is -0.0961. The second kappa shape index (κ2) is 12.5. The summed E-state index contributed by atoms with van der Waals surface area (Å²) >= 11 is 0. The van der Waals surface area contributed by atoms with Crippen LogP contribution < -0.4 is 4.90 Å². The summed E-state index contributed by atoms with van der Waals surface area (Å²) in [7, 11) is 0. The molecule has 0 atom stereocenters. The highest BCUT2D eigenvalue weighted by Gasteiger charge is 2.21. The molecule has 2 aliphatic rings. The first kappa shape index (κ1) is 24.9. The topological polar surface area (TPSA) is 42.3 Å². The number of rotatable bonds is 2. The highest BCUT2D eigenvalue weighted by molar-refractivity contribution is 6.02. The summed E-state index contributed by atoms with van der Waals surface area (Å²) < 4.78 is 11.6. The van der Waals surface area contributed by atoms with E-state index >= 15 is 0 Å². The van der Waals surface area contributed by atoms with Crippen LogP contribution in [0.3, 0.4) is 0 Å². The quantitative estimate of drug-likeness (QED) is 0.282. The molecule has 1 aromatic heterocycles. The molecule has 0 unspecified atom stereocenters. The molecule has 1 amide bonds. The van der Waals surface area contributed by atoms with E-state index in [4.69, 9.17) is 2.97 Å². The maximum atomic E-state index is 11.4. The monoisotopic (exact) mass is 482 g/mol. The summed E-state index contributed by atoms with van der Waals surface area (Å²) in [6.07, 6.45) is 9.35. The number of aromatic nitrogens is 1. The van der Waals surface area contributed by atoms with Gasteiger partial charge in [-0.15, -0.1) is 0 Å². The molecule has 4 aromatic rings. The first-order valence-corrected chi connectivity index (χ1v) is 11.9. The van der Waals surface area contributed by atoms with Crippen molar-refractivity contribution in [1.82, 2.24) is 4.57 Å². The molecule has 0 saturated heterocycles. The fourth-order valence-corrected chi connectivity index (χ4v) is 4.57. The molecule has 0 bridgehead atoms. The van der Waals surface area contributed by atoms with Crippen LogP contribution in [0.4, 0.5) is 5.69 Å². The van der Waals surface area contributed by atoms with E-state index in [0.29, 0.717) is 0 Å². The van der Waals surface area contributed by atoms with Crippen LogP contribution in [0.5, 0.6) is 0 Å². The molecule has 2 heterocycles. The Labute approximate surface area is 217 Å². The number of allylic oxidation sites excluding steroid dienone is 1. The number of fused-ring (bicyclic) bond motifs is 3. The van der Waals surface area contributed by atoms with Gasteiger partial charge in [-0.25, -0.2) is 0 Å². The van der Waals surface area contributed by atoms with Crippen LogP contribution in [-0.2, 0) is 24.1 Å². The van der Waals surface area contributed by atoms with Crippen molar-refractivity contribution in [2.45, 2.75) is 33.1 Å². The molecule has 4 heteroatoms. The fourth-order valence-electron chi connectivity index (χ4n) is 4.57. The average molecular weight is 483 g/mol. The fraction of sp³-hybridized carbons (Fsp3) is 0.188. The smallest absolute Gasteiger partial charge is 0.254 e. The molecule has 3 aromatic carbocycles. The summed E-state index contributed by atoms with van der Waals surface area (Å²) in [5.41, 5.74) is 6.34. The summed E-state index contributed by atoms with van der Waals surface area (Å²) in [6.45, 7) is 7.72. The lowest BCUT2D eigenvalue weighted by atomic mass is 10.1. The molecular formula is C32H36N2O2. The minimum Gasteiger partial charge on any atom is -0.308 e. The molecule has 1 aliphatic heterocycles. The van der Waals surface area contributed by atoms with E-state index in [2.05, 4.69) is 43.5 Å². The number of amides is 1.